The normalized spacial score (nSPS) is 3.27. The van der Waals surface area contributed by atoms with Gasteiger partial charge in [0.25, 0.3) is 0 Å². The molecule has 0 fully saturated rings. The molecule has 0 bridgehead atoms. The van der Waals surface area contributed by atoms with Gasteiger partial charge in [-0.3, -0.25) is 5.92 Å². The molecule has 0 aliphatic carbocycles. The van der Waals surface area contributed by atoms with Crippen LogP contribution >= 0.6 is 0 Å². The molecule has 0 nitrogen and oxygen atoms in total. The molecule has 0 saturated carbocycles. The summed E-state index contributed by atoms with van der Waals surface area (Å²) in [4.78, 5) is 0. The standard InChI is InChI=1S/C9H5.C7H3.C3H6.C3H3.CH4.3V/c1-3-5-7-9-8-6-4-2;1-3-5-7-6-4-2;2*1-3-2;;;;/h3H,1-2H2;1H3;3H,1H2,2H3;1H3;1H4;;;/q2*-1;;-1;;;;. The minimum Gasteiger partial charge on any atom is -0.694 e. The Bertz CT molecular complexity index is 675. The summed E-state index contributed by atoms with van der Waals surface area (Å²) >= 11 is 0. The number of hydrogen-bond donors (Lipinski definition) is 0. The van der Waals surface area contributed by atoms with Crippen molar-refractivity contribution in [2.45, 2.75) is 28.2 Å². The fraction of sp³-hybridized carbons (Fsp3) is 0.174. The Balaban J connectivity index is -0.0000000288. The molecule has 0 aliphatic rings. The van der Waals surface area contributed by atoms with Gasteiger partial charge in [0.2, 0.25) is 0 Å². The van der Waals surface area contributed by atoms with E-state index in [2.05, 4.69) is 78.5 Å². The van der Waals surface area contributed by atoms with Crippen molar-refractivity contribution in [2.75, 3.05) is 0 Å². The van der Waals surface area contributed by atoms with Crippen LogP contribution in [-0.2, 0) is 55.7 Å². The fourth-order valence-corrected chi connectivity index (χ4v) is 0.319. The van der Waals surface area contributed by atoms with Crippen LogP contribution in [0.5, 0.6) is 0 Å². The van der Waals surface area contributed by atoms with E-state index in [4.69, 9.17) is 12.8 Å². The van der Waals surface area contributed by atoms with Crippen molar-refractivity contribution in [2.24, 2.45) is 0 Å². The van der Waals surface area contributed by atoms with Crippen LogP contribution in [0.3, 0.4) is 0 Å². The van der Waals surface area contributed by atoms with Gasteiger partial charge >= 0.3 is 0 Å². The van der Waals surface area contributed by atoms with E-state index in [0.29, 0.717) is 0 Å². The van der Waals surface area contributed by atoms with Gasteiger partial charge in [-0.25, -0.2) is 23.5 Å². The van der Waals surface area contributed by atoms with Gasteiger partial charge in [-0.15, -0.1) is 24.8 Å². The third kappa shape index (κ3) is 150. The van der Waals surface area contributed by atoms with Gasteiger partial charge in [-0.2, -0.15) is 5.73 Å². The minimum absolute atomic E-state index is 0. The van der Waals surface area contributed by atoms with Crippen LogP contribution < -0.4 is 0 Å². The molecule has 0 saturated heterocycles. The van der Waals surface area contributed by atoms with Crippen LogP contribution in [0.25, 0.3) is 0 Å². The first-order chi connectivity index (χ1) is 10.7. The first kappa shape index (κ1) is 49.6. The van der Waals surface area contributed by atoms with Crippen LogP contribution in [-0.4, -0.2) is 0 Å². The predicted octanol–water partition coefficient (Wildman–Crippen LogP) is 4.65. The van der Waals surface area contributed by atoms with Crippen molar-refractivity contribution in [3.05, 3.63) is 68.0 Å². The topological polar surface area (TPSA) is 0 Å². The fourth-order valence-electron chi connectivity index (χ4n) is 0.319. The van der Waals surface area contributed by atoms with Gasteiger partial charge in [0.15, 0.2) is 0 Å². The number of rotatable bonds is 0. The second kappa shape index (κ2) is 77.0. The monoisotopic (exact) mass is 450 g/mol. The maximum absolute atomic E-state index is 6.29. The molecule has 0 aromatic carbocycles. The quantitative estimate of drug-likeness (QED) is 0.218. The molecule has 3 radical (unpaired) electrons. The third-order valence-corrected chi connectivity index (χ3v) is 0.763. The largest absolute Gasteiger partial charge is 0.694 e. The van der Waals surface area contributed by atoms with Gasteiger partial charge in [0.1, 0.15) is 0 Å². The Morgan fingerprint density at radius 2 is 1.42 bits per heavy atom. The molecule has 0 aromatic heterocycles. The second-order valence-corrected chi connectivity index (χ2v) is 2.43. The molecule has 0 rings (SSSR count). The van der Waals surface area contributed by atoms with Crippen molar-refractivity contribution >= 4 is 0 Å². The summed E-state index contributed by atoms with van der Waals surface area (Å²) in [6.45, 7) is 15.1. The van der Waals surface area contributed by atoms with Gasteiger partial charge in [0.05, 0.1) is 0 Å². The van der Waals surface area contributed by atoms with Crippen molar-refractivity contribution < 1.29 is 55.7 Å². The van der Waals surface area contributed by atoms with Gasteiger partial charge < -0.3 is 18.8 Å². The van der Waals surface area contributed by atoms with Crippen molar-refractivity contribution in [3.8, 4) is 47.4 Å². The molecule has 0 atom stereocenters. The summed E-state index contributed by atoms with van der Waals surface area (Å²) < 4.78 is 0. The van der Waals surface area contributed by atoms with Gasteiger partial charge in [0, 0.05) is 55.7 Å². The maximum Gasteiger partial charge on any atom is 0 e. The average molecular weight is 450 g/mol. The van der Waals surface area contributed by atoms with E-state index in [9.17, 15) is 0 Å². The summed E-state index contributed by atoms with van der Waals surface area (Å²) in [5.74, 6) is 18.6. The number of hydrogen-bond acceptors (Lipinski definition) is 0. The molecule has 0 heterocycles. The van der Waals surface area contributed by atoms with E-state index in [1.807, 2.05) is 18.8 Å². The Hall–Kier alpha value is -1.89. The predicted molar refractivity (Wildman–Crippen MR) is 101 cm³/mol. The molecule has 0 aliphatic heterocycles. The molecule has 131 valence electrons. The minimum atomic E-state index is 0. The summed E-state index contributed by atoms with van der Waals surface area (Å²) in [7, 11) is 0. The SMILES string of the molecule is C.C=C=C=C=[C-]C#CC=C.C=CC.[C-]#CC.[C-]#CC#CC#CC.[V].[V].[V]. The molecular formula is C23H21V3-3. The molecular weight excluding hydrogens is 429 g/mol. The van der Waals surface area contributed by atoms with Gasteiger partial charge in [-0.05, 0) is 26.7 Å². The van der Waals surface area contributed by atoms with E-state index in [0.717, 1.165) is 0 Å². The Morgan fingerprint density at radius 1 is 0.962 bits per heavy atom. The van der Waals surface area contributed by atoms with Crippen LogP contribution in [0.1, 0.15) is 28.2 Å². The van der Waals surface area contributed by atoms with E-state index in [1.54, 1.807) is 19.9 Å². The summed E-state index contributed by atoms with van der Waals surface area (Å²) in [6, 6.07) is 0. The molecule has 26 heavy (non-hydrogen) atoms. The van der Waals surface area contributed by atoms with Crippen molar-refractivity contribution in [3.63, 3.8) is 0 Å². The first-order valence-electron chi connectivity index (χ1n) is 5.79. The molecule has 0 amide bonds. The van der Waals surface area contributed by atoms with Crippen LogP contribution in [0.4, 0.5) is 0 Å². The molecule has 0 aromatic rings. The second-order valence-electron chi connectivity index (χ2n) is 2.43. The van der Waals surface area contributed by atoms with Crippen LogP contribution in [0.15, 0.2) is 49.1 Å². The zero-order chi connectivity index (χ0) is 17.9. The molecule has 0 unspecified atom stereocenters. The van der Waals surface area contributed by atoms with E-state index in [1.165, 1.54) is 6.08 Å². The molecule has 0 N–H and O–H groups in total. The van der Waals surface area contributed by atoms with E-state index >= 15 is 0 Å². The Labute approximate surface area is 198 Å². The van der Waals surface area contributed by atoms with Crippen LogP contribution in [0.2, 0.25) is 0 Å². The number of allylic oxidation sites excluding steroid dienone is 3. The summed E-state index contributed by atoms with van der Waals surface area (Å²) in [6.07, 6.45) is 18.0. The smallest absolute Gasteiger partial charge is 0 e. The van der Waals surface area contributed by atoms with Gasteiger partial charge in [-0.1, -0.05) is 38.2 Å². The maximum atomic E-state index is 6.29. The summed E-state index contributed by atoms with van der Waals surface area (Å²) in [5, 5.41) is 0. The molecule has 3 heteroatoms. The van der Waals surface area contributed by atoms with E-state index < -0.39 is 0 Å². The van der Waals surface area contributed by atoms with Crippen molar-refractivity contribution in [1.82, 2.24) is 0 Å². The first-order valence-corrected chi connectivity index (χ1v) is 5.79. The molecule has 0 spiro atoms. The third-order valence-electron chi connectivity index (χ3n) is 0.763. The van der Waals surface area contributed by atoms with Crippen LogP contribution in [0, 0.1) is 66.3 Å². The zero-order valence-corrected chi connectivity index (χ0v) is 18.8. The average Bonchev–Trinajstić information content (AvgIpc) is 2.50. The zero-order valence-electron chi connectivity index (χ0n) is 14.6. The summed E-state index contributed by atoms with van der Waals surface area (Å²) in [5.41, 5.74) is 7.30. The van der Waals surface area contributed by atoms with Crippen molar-refractivity contribution in [1.29, 1.82) is 0 Å². The Kier molecular flexibility index (Phi) is 147. The Morgan fingerprint density at radius 3 is 1.73 bits per heavy atom. The van der Waals surface area contributed by atoms with E-state index in [-0.39, 0.29) is 63.1 Å².